The van der Waals surface area contributed by atoms with Crippen LogP contribution in [0.2, 0.25) is 0 Å². The molecule has 0 saturated heterocycles. The van der Waals surface area contributed by atoms with Crippen molar-refractivity contribution in [1.29, 1.82) is 0 Å². The summed E-state index contributed by atoms with van der Waals surface area (Å²) in [4.78, 5) is 72.8. The summed E-state index contributed by atoms with van der Waals surface area (Å²) in [7, 11) is -9.91. The van der Waals surface area contributed by atoms with Gasteiger partial charge in [-0.2, -0.15) is 0 Å². The van der Waals surface area contributed by atoms with Crippen LogP contribution in [0.5, 0.6) is 0 Å². The summed E-state index contributed by atoms with van der Waals surface area (Å²) in [5, 5.41) is 10.6. The standard InChI is InChI=1S/C78H152O17P2/c1-7-9-11-13-15-17-18-25-33-38-44-50-56-62-77(82)94-73(66-88-75(80)60-54-48-42-16-14-12-10-8-2)68-92-96(84,85)90-64-72(79)65-91-97(86,87)93-69-74(67-89-76(81)61-55-49-43-37-32-29-28-31-36-41-47-53-59-71(5)6)95-78(83)63-57-51-45-39-34-27-24-22-20-19-21-23-26-30-35-40-46-52-58-70(3)4/h70-74,79H,7-69H2,1-6H3,(H,84,85)(H,86,87)/t72-,73+,74+/m0/s1. The number of phosphoric ester groups is 2. The van der Waals surface area contributed by atoms with E-state index < -0.39 is 97.5 Å². The van der Waals surface area contributed by atoms with Gasteiger partial charge in [0.2, 0.25) is 0 Å². The minimum Gasteiger partial charge on any atom is -0.462 e. The van der Waals surface area contributed by atoms with E-state index in [-0.39, 0.29) is 25.7 Å². The summed E-state index contributed by atoms with van der Waals surface area (Å²) >= 11 is 0. The quantitative estimate of drug-likeness (QED) is 0.0222. The summed E-state index contributed by atoms with van der Waals surface area (Å²) in [5.41, 5.74) is 0. The van der Waals surface area contributed by atoms with Crippen molar-refractivity contribution in [2.45, 2.75) is 426 Å². The van der Waals surface area contributed by atoms with Gasteiger partial charge in [-0.1, -0.05) is 356 Å². The van der Waals surface area contributed by atoms with Crippen molar-refractivity contribution in [2.24, 2.45) is 11.8 Å². The van der Waals surface area contributed by atoms with Crippen LogP contribution < -0.4 is 0 Å². The summed E-state index contributed by atoms with van der Waals surface area (Å²) in [6.07, 6.45) is 58.3. The van der Waals surface area contributed by atoms with Crippen molar-refractivity contribution in [3.8, 4) is 0 Å². The predicted molar refractivity (Wildman–Crippen MR) is 395 cm³/mol. The summed E-state index contributed by atoms with van der Waals surface area (Å²) in [6.45, 7) is 9.64. The first-order valence-electron chi connectivity index (χ1n) is 40.5. The first-order valence-corrected chi connectivity index (χ1v) is 43.5. The lowest BCUT2D eigenvalue weighted by atomic mass is 10.0. The van der Waals surface area contributed by atoms with E-state index in [4.69, 9.17) is 37.0 Å². The molecule has 0 saturated carbocycles. The van der Waals surface area contributed by atoms with Crippen LogP contribution in [-0.4, -0.2) is 96.7 Å². The van der Waals surface area contributed by atoms with Crippen molar-refractivity contribution in [3.05, 3.63) is 0 Å². The van der Waals surface area contributed by atoms with Crippen LogP contribution >= 0.6 is 15.6 Å². The maximum atomic E-state index is 13.1. The molecule has 0 aliphatic heterocycles. The average Bonchev–Trinajstić information content (AvgIpc) is 1.65. The van der Waals surface area contributed by atoms with Crippen molar-refractivity contribution in [2.75, 3.05) is 39.6 Å². The molecule has 0 aliphatic carbocycles. The fraction of sp³-hybridized carbons (Fsp3) is 0.949. The highest BCUT2D eigenvalue weighted by Gasteiger charge is 2.30. The van der Waals surface area contributed by atoms with E-state index in [2.05, 4.69) is 41.5 Å². The molecule has 0 rings (SSSR count). The van der Waals surface area contributed by atoms with E-state index >= 15 is 0 Å². The first-order chi connectivity index (χ1) is 46.9. The highest BCUT2D eigenvalue weighted by molar-refractivity contribution is 7.47. The molecule has 3 N–H and O–H groups in total. The van der Waals surface area contributed by atoms with Crippen molar-refractivity contribution >= 4 is 39.5 Å². The van der Waals surface area contributed by atoms with E-state index in [9.17, 15) is 43.2 Å². The molecule has 0 fully saturated rings. The third-order valence-electron chi connectivity index (χ3n) is 18.2. The molecule has 2 unspecified atom stereocenters. The number of unbranched alkanes of at least 4 members (excludes halogenated alkanes) is 47. The van der Waals surface area contributed by atoms with Crippen LogP contribution in [0, 0.1) is 11.8 Å². The molecule has 0 spiro atoms. The maximum absolute atomic E-state index is 13.1. The monoisotopic (exact) mass is 1420 g/mol. The molecular weight excluding hydrogens is 1270 g/mol. The maximum Gasteiger partial charge on any atom is 0.472 e. The number of aliphatic hydroxyl groups excluding tert-OH is 1. The van der Waals surface area contributed by atoms with Gasteiger partial charge >= 0.3 is 39.5 Å². The molecule has 19 heteroatoms. The first kappa shape index (κ1) is 95.1. The third-order valence-corrected chi connectivity index (χ3v) is 20.1. The second-order valence-electron chi connectivity index (χ2n) is 29.1. The Morgan fingerprint density at radius 2 is 0.474 bits per heavy atom. The summed E-state index contributed by atoms with van der Waals surface area (Å²) in [6, 6.07) is 0. The van der Waals surface area contributed by atoms with Crippen LogP contribution in [0.15, 0.2) is 0 Å². The summed E-state index contributed by atoms with van der Waals surface area (Å²) in [5.74, 6) is -0.512. The number of carbonyl (C=O) groups is 4. The predicted octanol–water partition coefficient (Wildman–Crippen LogP) is 23.1. The molecule has 0 heterocycles. The van der Waals surface area contributed by atoms with Crippen LogP contribution in [0.25, 0.3) is 0 Å². The number of hydrogen-bond donors (Lipinski definition) is 3. The minimum absolute atomic E-state index is 0.108. The molecule has 97 heavy (non-hydrogen) atoms. The van der Waals surface area contributed by atoms with Gasteiger partial charge in [-0.15, -0.1) is 0 Å². The number of rotatable bonds is 77. The lowest BCUT2D eigenvalue weighted by Gasteiger charge is -2.21. The normalized spacial score (nSPS) is 14.0. The molecule has 0 aromatic carbocycles. The fourth-order valence-corrected chi connectivity index (χ4v) is 13.6. The molecule has 0 amide bonds. The zero-order valence-corrected chi connectivity index (χ0v) is 65.2. The Balaban J connectivity index is 5.19. The molecule has 576 valence electrons. The van der Waals surface area contributed by atoms with E-state index in [1.807, 2.05) is 0 Å². The van der Waals surface area contributed by atoms with E-state index in [1.165, 1.54) is 218 Å². The molecule has 0 aromatic rings. The van der Waals surface area contributed by atoms with Gasteiger partial charge in [-0.05, 0) is 37.5 Å². The van der Waals surface area contributed by atoms with Gasteiger partial charge in [0.1, 0.15) is 19.3 Å². The Hall–Kier alpha value is -1.94. The fourth-order valence-electron chi connectivity index (χ4n) is 12.0. The largest absolute Gasteiger partial charge is 0.472 e. The second-order valence-corrected chi connectivity index (χ2v) is 32.0. The van der Waals surface area contributed by atoms with Crippen molar-refractivity contribution in [3.63, 3.8) is 0 Å². The van der Waals surface area contributed by atoms with Gasteiger partial charge in [0.05, 0.1) is 26.4 Å². The van der Waals surface area contributed by atoms with Crippen LogP contribution in [0.4, 0.5) is 0 Å². The van der Waals surface area contributed by atoms with E-state index in [0.717, 1.165) is 108 Å². The Morgan fingerprint density at radius 1 is 0.278 bits per heavy atom. The number of aliphatic hydroxyl groups is 1. The average molecular weight is 1420 g/mol. The Bertz CT molecular complexity index is 1870. The number of phosphoric acid groups is 2. The lowest BCUT2D eigenvalue weighted by Crippen LogP contribution is -2.30. The van der Waals surface area contributed by atoms with Crippen molar-refractivity contribution < 1.29 is 80.2 Å². The van der Waals surface area contributed by atoms with Gasteiger partial charge in [-0.25, -0.2) is 9.13 Å². The van der Waals surface area contributed by atoms with Gasteiger partial charge in [0.25, 0.3) is 0 Å². The van der Waals surface area contributed by atoms with Gasteiger partial charge in [0, 0.05) is 25.7 Å². The minimum atomic E-state index is -4.96. The van der Waals surface area contributed by atoms with Crippen molar-refractivity contribution in [1.82, 2.24) is 0 Å². The second kappa shape index (κ2) is 69.8. The van der Waals surface area contributed by atoms with E-state index in [1.54, 1.807) is 0 Å². The topological polar surface area (TPSA) is 237 Å². The zero-order chi connectivity index (χ0) is 71.4. The number of hydrogen-bond acceptors (Lipinski definition) is 15. The lowest BCUT2D eigenvalue weighted by molar-refractivity contribution is -0.161. The smallest absolute Gasteiger partial charge is 0.462 e. The van der Waals surface area contributed by atoms with Crippen LogP contribution in [0.3, 0.4) is 0 Å². The molecule has 17 nitrogen and oxygen atoms in total. The SMILES string of the molecule is CCCCCCCCCCCCCCCC(=O)O[C@H](COC(=O)CCCCCCCCCC)COP(=O)(O)OC[C@H](O)COP(=O)(O)OC[C@@H](COC(=O)CCCCCCCCCCCCCCC(C)C)OC(=O)CCCCCCCCCCCCCCCCCCCCC(C)C. The number of ether oxygens (including phenoxy) is 4. The zero-order valence-electron chi connectivity index (χ0n) is 63.4. The molecule has 0 bridgehead atoms. The number of carbonyl (C=O) groups excluding carboxylic acids is 4. The Morgan fingerprint density at radius 3 is 0.701 bits per heavy atom. The van der Waals surface area contributed by atoms with Crippen LogP contribution in [0.1, 0.15) is 408 Å². The van der Waals surface area contributed by atoms with Crippen LogP contribution in [-0.2, 0) is 65.4 Å². The van der Waals surface area contributed by atoms with E-state index in [0.29, 0.717) is 25.7 Å². The molecule has 0 radical (unpaired) electrons. The Kier molecular flexibility index (Phi) is 68.4. The highest BCUT2D eigenvalue weighted by Crippen LogP contribution is 2.45. The highest BCUT2D eigenvalue weighted by atomic mass is 31.2. The van der Waals surface area contributed by atoms with Gasteiger partial charge in [-0.3, -0.25) is 37.3 Å². The molecule has 5 atom stereocenters. The number of esters is 4. The van der Waals surface area contributed by atoms with Gasteiger partial charge in [0.15, 0.2) is 12.2 Å². The third kappa shape index (κ3) is 72.2. The summed E-state index contributed by atoms with van der Waals surface area (Å²) < 4.78 is 68.5. The Labute approximate surface area is 594 Å². The van der Waals surface area contributed by atoms with Gasteiger partial charge < -0.3 is 33.8 Å². The molecule has 0 aromatic heterocycles. The molecule has 0 aliphatic rings. The molecular formula is C78H152O17P2.